The van der Waals surface area contributed by atoms with Crippen molar-refractivity contribution in [3.05, 3.63) is 41.8 Å². The molecular formula is C12H12N2OS2. The molecule has 3 nitrogen and oxygen atoms in total. The summed E-state index contributed by atoms with van der Waals surface area (Å²) < 4.78 is 1.14. The van der Waals surface area contributed by atoms with Gasteiger partial charge in [-0.15, -0.1) is 11.3 Å². The summed E-state index contributed by atoms with van der Waals surface area (Å²) in [6.45, 7) is 0. The monoisotopic (exact) mass is 264 g/mol. The Bertz CT molecular complexity index is 510. The molecule has 0 unspecified atom stereocenters. The topological polar surface area (TPSA) is 46.3 Å². The number of hydrogen-bond acceptors (Lipinski definition) is 3. The number of benzene rings is 1. The Morgan fingerprint density at radius 2 is 2.06 bits per heavy atom. The van der Waals surface area contributed by atoms with E-state index < -0.39 is 6.03 Å². The zero-order valence-corrected chi connectivity index (χ0v) is 10.9. The number of carbonyl (C=O) groups excluding carboxylic acids is 1. The van der Waals surface area contributed by atoms with Crippen LogP contribution in [0.15, 0.2) is 50.9 Å². The second-order valence-corrected chi connectivity index (χ2v) is 5.72. The molecule has 0 aliphatic carbocycles. The van der Waals surface area contributed by atoms with E-state index in [9.17, 15) is 4.79 Å². The highest BCUT2D eigenvalue weighted by atomic mass is 32.2. The third kappa shape index (κ3) is 3.01. The number of carbonyl (C=O) groups is 1. The fraction of sp³-hybridized carbons (Fsp3) is 0.0833. The largest absolute Gasteiger partial charge is 0.351 e. The highest BCUT2D eigenvalue weighted by molar-refractivity contribution is 8.01. The first kappa shape index (κ1) is 12.0. The van der Waals surface area contributed by atoms with Gasteiger partial charge in [0.25, 0.3) is 0 Å². The summed E-state index contributed by atoms with van der Waals surface area (Å²) >= 11 is 3.28. The maximum atomic E-state index is 11.0. The number of urea groups is 1. The van der Waals surface area contributed by atoms with E-state index in [0.717, 1.165) is 9.90 Å². The second kappa shape index (κ2) is 5.25. The maximum Gasteiger partial charge on any atom is 0.319 e. The van der Waals surface area contributed by atoms with Crippen LogP contribution in [0.25, 0.3) is 0 Å². The third-order valence-corrected chi connectivity index (χ3v) is 4.32. The molecule has 17 heavy (non-hydrogen) atoms. The van der Waals surface area contributed by atoms with Gasteiger partial charge in [0.2, 0.25) is 0 Å². The molecule has 1 aromatic heterocycles. The molecule has 0 spiro atoms. The normalized spacial score (nSPS) is 10.2. The van der Waals surface area contributed by atoms with Crippen LogP contribution in [0.3, 0.4) is 0 Å². The molecule has 2 amide bonds. The molecule has 1 aromatic carbocycles. The van der Waals surface area contributed by atoms with Crippen molar-refractivity contribution in [2.45, 2.75) is 9.10 Å². The SMILES string of the molecule is CN(C(N)=O)c1csc(Sc2ccccc2)c1. The Kier molecular flexibility index (Phi) is 3.71. The molecule has 1 heterocycles. The molecule has 0 atom stereocenters. The highest BCUT2D eigenvalue weighted by Crippen LogP contribution is 2.35. The van der Waals surface area contributed by atoms with Gasteiger partial charge in [0.1, 0.15) is 0 Å². The molecule has 2 N–H and O–H groups in total. The fourth-order valence-corrected chi connectivity index (χ4v) is 3.25. The molecule has 5 heteroatoms. The van der Waals surface area contributed by atoms with Crippen LogP contribution in [0.5, 0.6) is 0 Å². The summed E-state index contributed by atoms with van der Waals surface area (Å²) in [6, 6.07) is 11.6. The average molecular weight is 264 g/mol. The van der Waals surface area contributed by atoms with Gasteiger partial charge in [-0.2, -0.15) is 0 Å². The summed E-state index contributed by atoms with van der Waals surface area (Å²) in [6.07, 6.45) is 0. The molecule has 0 radical (unpaired) electrons. The van der Waals surface area contributed by atoms with Crippen molar-refractivity contribution in [1.82, 2.24) is 0 Å². The van der Waals surface area contributed by atoms with E-state index in [1.807, 2.05) is 29.6 Å². The van der Waals surface area contributed by atoms with Crippen LogP contribution >= 0.6 is 23.1 Å². The van der Waals surface area contributed by atoms with Crippen LogP contribution < -0.4 is 10.6 Å². The van der Waals surface area contributed by atoms with Gasteiger partial charge >= 0.3 is 6.03 Å². The number of primary amides is 1. The summed E-state index contributed by atoms with van der Waals surface area (Å²) in [4.78, 5) is 13.6. The number of nitrogens with two attached hydrogens (primary N) is 1. The van der Waals surface area contributed by atoms with Gasteiger partial charge in [0, 0.05) is 17.3 Å². The quantitative estimate of drug-likeness (QED) is 0.923. The number of thiophene rings is 1. The van der Waals surface area contributed by atoms with E-state index >= 15 is 0 Å². The molecule has 0 saturated carbocycles. The lowest BCUT2D eigenvalue weighted by Gasteiger charge is -2.10. The number of anilines is 1. The smallest absolute Gasteiger partial charge is 0.319 e. The van der Waals surface area contributed by atoms with Crippen molar-refractivity contribution in [3.8, 4) is 0 Å². The molecular weight excluding hydrogens is 252 g/mol. The average Bonchev–Trinajstić information content (AvgIpc) is 2.77. The van der Waals surface area contributed by atoms with Gasteiger partial charge in [-0.3, -0.25) is 4.90 Å². The Morgan fingerprint density at radius 1 is 1.35 bits per heavy atom. The molecule has 0 saturated heterocycles. The lowest BCUT2D eigenvalue weighted by atomic mass is 10.4. The molecule has 0 aliphatic rings. The summed E-state index contributed by atoms with van der Waals surface area (Å²) in [5.41, 5.74) is 6.05. The van der Waals surface area contributed by atoms with Crippen LogP contribution in [0.2, 0.25) is 0 Å². The van der Waals surface area contributed by atoms with Gasteiger partial charge < -0.3 is 5.73 Å². The molecule has 0 bridgehead atoms. The minimum Gasteiger partial charge on any atom is -0.351 e. The lowest BCUT2D eigenvalue weighted by Crippen LogP contribution is -2.31. The molecule has 0 aliphatic heterocycles. The molecule has 2 rings (SSSR count). The number of amides is 2. The van der Waals surface area contributed by atoms with E-state index in [2.05, 4.69) is 12.1 Å². The van der Waals surface area contributed by atoms with E-state index in [1.54, 1.807) is 30.1 Å². The predicted molar refractivity (Wildman–Crippen MR) is 72.9 cm³/mol. The van der Waals surface area contributed by atoms with Crippen molar-refractivity contribution in [2.24, 2.45) is 5.73 Å². The van der Waals surface area contributed by atoms with Crippen LogP contribution in [0.1, 0.15) is 0 Å². The first-order chi connectivity index (χ1) is 8.16. The first-order valence-electron chi connectivity index (χ1n) is 5.01. The Hall–Kier alpha value is -1.46. The van der Waals surface area contributed by atoms with Crippen molar-refractivity contribution >= 4 is 34.8 Å². The maximum absolute atomic E-state index is 11.0. The third-order valence-electron chi connectivity index (χ3n) is 2.24. The van der Waals surface area contributed by atoms with Crippen molar-refractivity contribution in [2.75, 3.05) is 11.9 Å². The first-order valence-corrected chi connectivity index (χ1v) is 6.71. The van der Waals surface area contributed by atoms with Gasteiger partial charge in [-0.25, -0.2) is 4.79 Å². The second-order valence-electron chi connectivity index (χ2n) is 3.44. The lowest BCUT2D eigenvalue weighted by molar-refractivity contribution is 0.255. The van der Waals surface area contributed by atoms with E-state index in [-0.39, 0.29) is 0 Å². The summed E-state index contributed by atoms with van der Waals surface area (Å²) in [5, 5.41) is 1.93. The van der Waals surface area contributed by atoms with Gasteiger partial charge in [0.05, 0.1) is 9.90 Å². The van der Waals surface area contributed by atoms with Crippen LogP contribution in [-0.4, -0.2) is 13.1 Å². The van der Waals surface area contributed by atoms with E-state index in [0.29, 0.717) is 0 Å². The molecule has 88 valence electrons. The zero-order chi connectivity index (χ0) is 12.3. The summed E-state index contributed by atoms with van der Waals surface area (Å²) in [5.74, 6) is 0. The Balaban J connectivity index is 2.11. The fourth-order valence-electron chi connectivity index (χ4n) is 1.27. The molecule has 0 fully saturated rings. The van der Waals surface area contributed by atoms with Gasteiger partial charge in [-0.05, 0) is 18.2 Å². The van der Waals surface area contributed by atoms with Crippen LogP contribution in [0.4, 0.5) is 10.5 Å². The Labute approximate surface area is 108 Å². The highest BCUT2D eigenvalue weighted by Gasteiger charge is 2.09. The van der Waals surface area contributed by atoms with Crippen LogP contribution in [-0.2, 0) is 0 Å². The van der Waals surface area contributed by atoms with Gasteiger partial charge in [0.15, 0.2) is 0 Å². The zero-order valence-electron chi connectivity index (χ0n) is 9.29. The minimum atomic E-state index is -0.445. The molecule has 2 aromatic rings. The van der Waals surface area contributed by atoms with Crippen molar-refractivity contribution in [1.29, 1.82) is 0 Å². The summed E-state index contributed by atoms with van der Waals surface area (Å²) in [7, 11) is 1.67. The number of rotatable bonds is 3. The minimum absolute atomic E-state index is 0.445. The van der Waals surface area contributed by atoms with Crippen molar-refractivity contribution in [3.63, 3.8) is 0 Å². The van der Waals surface area contributed by atoms with Gasteiger partial charge in [-0.1, -0.05) is 30.0 Å². The standard InChI is InChI=1S/C12H12N2OS2/c1-14(12(13)15)9-7-11(16-8-9)17-10-5-3-2-4-6-10/h2-8H,1H3,(H2,13,15). The predicted octanol–water partition coefficient (Wildman–Crippen LogP) is 3.41. The Morgan fingerprint density at radius 3 is 2.71 bits per heavy atom. The van der Waals surface area contributed by atoms with Crippen molar-refractivity contribution < 1.29 is 4.79 Å². The number of hydrogen-bond donors (Lipinski definition) is 1. The number of nitrogens with zero attached hydrogens (tertiary/aromatic N) is 1. The van der Waals surface area contributed by atoms with E-state index in [4.69, 9.17) is 5.73 Å². The van der Waals surface area contributed by atoms with Crippen LogP contribution in [0, 0.1) is 0 Å². The van der Waals surface area contributed by atoms with E-state index in [1.165, 1.54) is 9.80 Å².